The first-order chi connectivity index (χ1) is 7.03. The number of rotatable bonds is 4. The van der Waals surface area contributed by atoms with Gasteiger partial charge in [0.1, 0.15) is 0 Å². The van der Waals surface area contributed by atoms with E-state index < -0.39 is 9.84 Å². The average Bonchev–Trinajstić information content (AvgIpc) is 2.21. The molecule has 0 aromatic rings. The van der Waals surface area contributed by atoms with E-state index in [0.717, 1.165) is 17.5 Å². The van der Waals surface area contributed by atoms with E-state index in [1.165, 1.54) is 0 Å². The van der Waals surface area contributed by atoms with Crippen LogP contribution in [-0.2, 0) is 9.84 Å². The summed E-state index contributed by atoms with van der Waals surface area (Å²) in [6.45, 7) is 5.14. The zero-order valence-electron chi connectivity index (χ0n) is 9.19. The van der Waals surface area contributed by atoms with Crippen molar-refractivity contribution in [2.24, 2.45) is 10.9 Å². The summed E-state index contributed by atoms with van der Waals surface area (Å²) in [6, 6.07) is 0. The summed E-state index contributed by atoms with van der Waals surface area (Å²) in [5.41, 5.74) is 0. The van der Waals surface area contributed by atoms with Crippen molar-refractivity contribution in [3.8, 4) is 0 Å². The minimum Gasteiger partial charge on any atom is -0.364 e. The normalized spacial score (nSPS) is 22.3. The molecular weight excluding hydrogens is 232 g/mol. The molecule has 1 unspecified atom stereocenters. The molecular formula is C9H18N2O2S2. The van der Waals surface area contributed by atoms with Crippen LogP contribution in [0.5, 0.6) is 0 Å². The van der Waals surface area contributed by atoms with Crippen LogP contribution < -0.4 is 5.32 Å². The molecule has 1 rings (SSSR count). The van der Waals surface area contributed by atoms with Crippen molar-refractivity contribution in [3.63, 3.8) is 0 Å². The summed E-state index contributed by atoms with van der Waals surface area (Å²) in [5.74, 6) is 2.09. The lowest BCUT2D eigenvalue weighted by atomic mass is 10.2. The highest BCUT2D eigenvalue weighted by molar-refractivity contribution is 8.13. The number of amidine groups is 1. The lowest BCUT2D eigenvalue weighted by Gasteiger charge is -2.17. The molecule has 0 bridgehead atoms. The number of sulfone groups is 1. The minimum absolute atomic E-state index is 0.193. The predicted octanol–water partition coefficient (Wildman–Crippen LogP) is 0.750. The molecule has 0 saturated carbocycles. The second kappa shape index (κ2) is 5.75. The molecule has 0 aromatic heterocycles. The topological polar surface area (TPSA) is 58.5 Å². The fourth-order valence-corrected chi connectivity index (χ4v) is 2.74. The number of nitrogens with zero attached hydrogens (tertiary/aromatic N) is 1. The highest BCUT2D eigenvalue weighted by Gasteiger charge is 2.12. The Bertz CT molecular complexity index is 325. The van der Waals surface area contributed by atoms with Gasteiger partial charge in [0.15, 0.2) is 15.0 Å². The van der Waals surface area contributed by atoms with E-state index in [2.05, 4.69) is 17.2 Å². The maximum atomic E-state index is 11.2. The molecule has 1 atom stereocenters. The number of hydrogen-bond donors (Lipinski definition) is 1. The van der Waals surface area contributed by atoms with Crippen LogP contribution in [0.2, 0.25) is 0 Å². The van der Waals surface area contributed by atoms with E-state index in [1.807, 2.05) is 0 Å². The van der Waals surface area contributed by atoms with E-state index in [0.29, 0.717) is 12.5 Å². The quantitative estimate of drug-likeness (QED) is 0.800. The Morgan fingerprint density at radius 2 is 2.33 bits per heavy atom. The van der Waals surface area contributed by atoms with Gasteiger partial charge in [-0.2, -0.15) is 0 Å². The molecule has 0 spiro atoms. The number of thioether (sulfide) groups is 1. The highest BCUT2D eigenvalue weighted by atomic mass is 32.2. The van der Waals surface area contributed by atoms with Gasteiger partial charge in [0.2, 0.25) is 0 Å². The third-order valence-corrected chi connectivity index (χ3v) is 5.17. The molecule has 15 heavy (non-hydrogen) atoms. The zero-order valence-corrected chi connectivity index (χ0v) is 10.8. The molecule has 0 saturated heterocycles. The Hall–Kier alpha value is -0.230. The monoisotopic (exact) mass is 250 g/mol. The van der Waals surface area contributed by atoms with Gasteiger partial charge in [-0.25, -0.2) is 8.42 Å². The Morgan fingerprint density at radius 3 is 2.87 bits per heavy atom. The molecule has 0 fully saturated rings. The largest absolute Gasteiger partial charge is 0.364 e. The second-order valence-electron chi connectivity index (χ2n) is 3.73. The summed E-state index contributed by atoms with van der Waals surface area (Å²) in [6.07, 6.45) is 0. The van der Waals surface area contributed by atoms with Gasteiger partial charge in [-0.15, -0.1) is 0 Å². The molecule has 0 radical (unpaired) electrons. The van der Waals surface area contributed by atoms with Crippen LogP contribution in [0.3, 0.4) is 0 Å². The fourth-order valence-electron chi connectivity index (χ4n) is 1.12. The summed E-state index contributed by atoms with van der Waals surface area (Å²) in [7, 11) is -2.86. The van der Waals surface area contributed by atoms with Crippen LogP contribution >= 0.6 is 11.8 Å². The SMILES string of the molecule is CCS(=O)(=O)CCNC1=NCC(C)CS1. The van der Waals surface area contributed by atoms with Crippen LogP contribution in [-0.4, -0.2) is 43.9 Å². The number of aliphatic imine (C=N–C) groups is 1. The standard InChI is InChI=1S/C9H18N2O2S2/c1-3-15(12,13)5-4-10-9-11-6-8(2)7-14-9/h8H,3-7H2,1-2H3,(H,10,11). The number of hydrogen-bond acceptors (Lipinski definition) is 5. The Kier molecular flexibility index (Phi) is 4.92. The Morgan fingerprint density at radius 1 is 1.60 bits per heavy atom. The molecule has 1 aliphatic heterocycles. The van der Waals surface area contributed by atoms with Crippen LogP contribution in [0.15, 0.2) is 4.99 Å². The van der Waals surface area contributed by atoms with Crippen LogP contribution in [0, 0.1) is 5.92 Å². The van der Waals surface area contributed by atoms with Gasteiger partial charge in [0.05, 0.1) is 5.75 Å². The van der Waals surface area contributed by atoms with Gasteiger partial charge >= 0.3 is 0 Å². The van der Waals surface area contributed by atoms with Crippen LogP contribution in [0.1, 0.15) is 13.8 Å². The van der Waals surface area contributed by atoms with Gasteiger partial charge in [-0.3, -0.25) is 4.99 Å². The molecule has 6 heteroatoms. The van der Waals surface area contributed by atoms with Crippen molar-refractivity contribution in [2.45, 2.75) is 13.8 Å². The third kappa shape index (κ3) is 4.88. The predicted molar refractivity (Wildman–Crippen MR) is 66.3 cm³/mol. The first-order valence-electron chi connectivity index (χ1n) is 5.15. The first-order valence-corrected chi connectivity index (χ1v) is 7.95. The Balaban J connectivity index is 2.27. The van der Waals surface area contributed by atoms with Gasteiger partial charge in [0.25, 0.3) is 0 Å². The maximum Gasteiger partial charge on any atom is 0.156 e. The van der Waals surface area contributed by atoms with E-state index in [9.17, 15) is 8.42 Å². The first kappa shape index (κ1) is 12.8. The summed E-state index contributed by atoms with van der Waals surface area (Å²) < 4.78 is 22.4. The molecule has 0 aromatic carbocycles. The van der Waals surface area contributed by atoms with E-state index in [-0.39, 0.29) is 11.5 Å². The summed E-state index contributed by atoms with van der Waals surface area (Å²) in [4.78, 5) is 4.33. The second-order valence-corrected chi connectivity index (χ2v) is 7.21. The minimum atomic E-state index is -2.86. The molecule has 1 N–H and O–H groups in total. The third-order valence-electron chi connectivity index (χ3n) is 2.18. The lowest BCUT2D eigenvalue weighted by Crippen LogP contribution is -2.30. The molecule has 1 aliphatic rings. The van der Waals surface area contributed by atoms with Gasteiger partial charge in [-0.1, -0.05) is 25.6 Å². The van der Waals surface area contributed by atoms with Crippen molar-refractivity contribution >= 4 is 26.8 Å². The molecule has 4 nitrogen and oxygen atoms in total. The van der Waals surface area contributed by atoms with Gasteiger partial charge in [0, 0.05) is 24.6 Å². The van der Waals surface area contributed by atoms with Crippen molar-refractivity contribution < 1.29 is 8.42 Å². The van der Waals surface area contributed by atoms with E-state index >= 15 is 0 Å². The van der Waals surface area contributed by atoms with Gasteiger partial charge < -0.3 is 5.32 Å². The summed E-state index contributed by atoms with van der Waals surface area (Å²) >= 11 is 1.67. The average molecular weight is 250 g/mol. The fraction of sp³-hybridized carbons (Fsp3) is 0.889. The van der Waals surface area contributed by atoms with Gasteiger partial charge in [-0.05, 0) is 5.92 Å². The van der Waals surface area contributed by atoms with Crippen LogP contribution in [0.25, 0.3) is 0 Å². The smallest absolute Gasteiger partial charge is 0.156 e. The number of nitrogens with one attached hydrogen (secondary N) is 1. The van der Waals surface area contributed by atoms with Crippen molar-refractivity contribution in [3.05, 3.63) is 0 Å². The Labute approximate surface area is 95.8 Å². The zero-order chi connectivity index (χ0) is 11.3. The molecule has 1 heterocycles. The highest BCUT2D eigenvalue weighted by Crippen LogP contribution is 2.15. The van der Waals surface area contributed by atoms with Crippen molar-refractivity contribution in [1.82, 2.24) is 5.32 Å². The van der Waals surface area contributed by atoms with E-state index in [4.69, 9.17) is 0 Å². The lowest BCUT2D eigenvalue weighted by molar-refractivity contribution is 0.596. The molecule has 0 aliphatic carbocycles. The molecule has 0 amide bonds. The summed E-state index contributed by atoms with van der Waals surface area (Å²) in [5, 5.41) is 3.95. The van der Waals surface area contributed by atoms with E-state index in [1.54, 1.807) is 18.7 Å². The van der Waals surface area contributed by atoms with Crippen molar-refractivity contribution in [1.29, 1.82) is 0 Å². The van der Waals surface area contributed by atoms with Crippen LogP contribution in [0.4, 0.5) is 0 Å². The molecule has 88 valence electrons. The maximum absolute atomic E-state index is 11.2. The van der Waals surface area contributed by atoms with Crippen molar-refractivity contribution in [2.75, 3.05) is 30.3 Å².